The Balaban J connectivity index is 1.73. The Labute approximate surface area is 155 Å². The number of carbonyl (C=O) groups excluding carboxylic acids is 1. The van der Waals surface area contributed by atoms with Crippen molar-refractivity contribution in [1.29, 1.82) is 0 Å². The van der Waals surface area contributed by atoms with Crippen LogP contribution in [0.15, 0.2) is 42.7 Å². The Hall–Kier alpha value is -3.49. The van der Waals surface area contributed by atoms with Gasteiger partial charge in [0.05, 0.1) is 28.7 Å². The van der Waals surface area contributed by atoms with Gasteiger partial charge in [-0.1, -0.05) is 18.2 Å². The van der Waals surface area contributed by atoms with Gasteiger partial charge < -0.3 is 9.97 Å². The molecule has 0 spiro atoms. The molecule has 4 aromatic rings. The minimum Gasteiger partial charge on any atom is -0.358 e. The number of alkyl halides is 3. The Bertz CT molecular complexity index is 1210. The summed E-state index contributed by atoms with van der Waals surface area (Å²) >= 11 is 0. The van der Waals surface area contributed by atoms with Gasteiger partial charge in [0.2, 0.25) is 0 Å². The van der Waals surface area contributed by atoms with E-state index in [1.165, 1.54) is 37.5 Å². The molecule has 1 aromatic carbocycles. The predicted molar refractivity (Wildman–Crippen MR) is 93.2 cm³/mol. The molecule has 0 atom stereocenters. The lowest BCUT2D eigenvalue weighted by atomic mass is 9.99. The van der Waals surface area contributed by atoms with Crippen molar-refractivity contribution in [2.75, 3.05) is 0 Å². The van der Waals surface area contributed by atoms with Gasteiger partial charge in [-0.15, -0.1) is 0 Å². The van der Waals surface area contributed by atoms with Gasteiger partial charge >= 0.3 is 6.18 Å². The Morgan fingerprint density at radius 3 is 2.68 bits per heavy atom. The summed E-state index contributed by atoms with van der Waals surface area (Å²) in [5.74, 6) is -1.11. The number of imidazole rings is 1. The summed E-state index contributed by atoms with van der Waals surface area (Å²) in [5.41, 5.74) is -0.443. The number of benzene rings is 1. The maximum Gasteiger partial charge on any atom is 0.417 e. The highest BCUT2D eigenvalue weighted by atomic mass is 19.4. The van der Waals surface area contributed by atoms with Crippen molar-refractivity contribution in [3.8, 4) is 11.5 Å². The first-order valence-corrected chi connectivity index (χ1v) is 8.16. The number of carbonyl (C=O) groups is 1. The van der Waals surface area contributed by atoms with Crippen LogP contribution in [-0.2, 0) is 6.18 Å². The first kappa shape index (κ1) is 17.9. The average molecular weight is 388 g/mol. The fourth-order valence-electron chi connectivity index (χ4n) is 2.91. The van der Waals surface area contributed by atoms with Crippen molar-refractivity contribution >= 4 is 16.8 Å². The molecule has 0 amide bonds. The smallest absolute Gasteiger partial charge is 0.358 e. The minimum absolute atomic E-state index is 0.0296. The molecule has 4 rings (SSSR count). The number of aryl methyl sites for hydroxylation is 1. The highest BCUT2D eigenvalue weighted by Crippen LogP contribution is 2.33. The standard InChI is InChI=1S/C19H12F4N4O/c1-9-15(20)16-14(8-24-9)26-18(27-16)13-6-10(7-25-13)17(28)11-4-2-3-5-12(11)19(21,22)23/h2-8,25H,1H3,(H,26,27). The fourth-order valence-corrected chi connectivity index (χ4v) is 2.91. The van der Waals surface area contributed by atoms with Gasteiger partial charge in [0.25, 0.3) is 0 Å². The van der Waals surface area contributed by atoms with E-state index in [0.29, 0.717) is 11.2 Å². The zero-order valence-electron chi connectivity index (χ0n) is 14.4. The quantitative estimate of drug-likeness (QED) is 0.396. The molecule has 0 saturated carbocycles. The van der Waals surface area contributed by atoms with Crippen LogP contribution >= 0.6 is 0 Å². The average Bonchev–Trinajstić information content (AvgIpc) is 3.31. The van der Waals surface area contributed by atoms with E-state index in [9.17, 15) is 22.4 Å². The van der Waals surface area contributed by atoms with Crippen molar-refractivity contribution in [3.63, 3.8) is 0 Å². The largest absolute Gasteiger partial charge is 0.417 e. The summed E-state index contributed by atoms with van der Waals surface area (Å²) in [6.07, 6.45) is -1.93. The summed E-state index contributed by atoms with van der Waals surface area (Å²) in [6.45, 7) is 1.51. The Morgan fingerprint density at radius 1 is 1.18 bits per heavy atom. The minimum atomic E-state index is -4.65. The van der Waals surface area contributed by atoms with Crippen LogP contribution in [0.25, 0.3) is 22.6 Å². The number of fused-ring (bicyclic) bond motifs is 1. The molecule has 0 unspecified atom stereocenters. The molecule has 0 aliphatic carbocycles. The SMILES string of the molecule is Cc1ncc2[nH]c(-c3cc(C(=O)c4ccccc4C(F)(F)F)c[nH]3)nc2c1F. The van der Waals surface area contributed by atoms with E-state index < -0.39 is 28.9 Å². The number of pyridine rings is 1. The number of aromatic amines is 2. The number of hydrogen-bond donors (Lipinski definition) is 2. The molecular weight excluding hydrogens is 376 g/mol. The van der Waals surface area contributed by atoms with Crippen molar-refractivity contribution in [3.05, 3.63) is 70.9 Å². The topological polar surface area (TPSA) is 74.4 Å². The molecule has 142 valence electrons. The van der Waals surface area contributed by atoms with E-state index in [4.69, 9.17) is 0 Å². The van der Waals surface area contributed by atoms with E-state index in [1.807, 2.05) is 0 Å². The molecular formula is C19H12F4N4O. The molecule has 5 nitrogen and oxygen atoms in total. The van der Waals surface area contributed by atoms with E-state index in [-0.39, 0.29) is 22.6 Å². The Morgan fingerprint density at radius 2 is 1.93 bits per heavy atom. The van der Waals surface area contributed by atoms with Crippen molar-refractivity contribution in [2.24, 2.45) is 0 Å². The van der Waals surface area contributed by atoms with Crippen molar-refractivity contribution in [1.82, 2.24) is 19.9 Å². The van der Waals surface area contributed by atoms with Gasteiger partial charge in [0.15, 0.2) is 17.4 Å². The first-order chi connectivity index (χ1) is 13.3. The monoisotopic (exact) mass is 388 g/mol. The highest BCUT2D eigenvalue weighted by molar-refractivity contribution is 6.10. The maximum atomic E-state index is 14.1. The van der Waals surface area contributed by atoms with Crippen LogP contribution in [0.4, 0.5) is 17.6 Å². The van der Waals surface area contributed by atoms with Gasteiger partial charge in [-0.3, -0.25) is 9.78 Å². The van der Waals surface area contributed by atoms with Crippen molar-refractivity contribution in [2.45, 2.75) is 13.1 Å². The fraction of sp³-hybridized carbons (Fsp3) is 0.105. The lowest BCUT2D eigenvalue weighted by Crippen LogP contribution is -2.13. The van der Waals surface area contributed by atoms with Crippen LogP contribution in [0.3, 0.4) is 0 Å². The van der Waals surface area contributed by atoms with Crippen LogP contribution in [-0.4, -0.2) is 25.7 Å². The molecule has 28 heavy (non-hydrogen) atoms. The van der Waals surface area contributed by atoms with E-state index in [0.717, 1.165) is 12.1 Å². The summed E-state index contributed by atoms with van der Waals surface area (Å²) in [6, 6.07) is 5.95. The zero-order valence-corrected chi connectivity index (χ0v) is 14.4. The summed E-state index contributed by atoms with van der Waals surface area (Å²) in [4.78, 5) is 26.3. The van der Waals surface area contributed by atoms with Crippen LogP contribution in [0.1, 0.15) is 27.2 Å². The maximum absolute atomic E-state index is 14.1. The molecule has 0 bridgehead atoms. The number of ketones is 1. The third-order valence-electron chi connectivity index (χ3n) is 4.32. The zero-order chi connectivity index (χ0) is 20.1. The normalized spacial score (nSPS) is 11.9. The Kier molecular flexibility index (Phi) is 4.02. The lowest BCUT2D eigenvalue weighted by Gasteiger charge is -2.10. The summed E-state index contributed by atoms with van der Waals surface area (Å²) < 4.78 is 53.6. The number of aromatic nitrogens is 4. The third-order valence-corrected chi connectivity index (χ3v) is 4.32. The van der Waals surface area contributed by atoms with Crippen LogP contribution in [0.2, 0.25) is 0 Å². The predicted octanol–water partition coefficient (Wildman–Crippen LogP) is 4.65. The number of hydrogen-bond acceptors (Lipinski definition) is 3. The molecule has 2 N–H and O–H groups in total. The third kappa shape index (κ3) is 2.94. The van der Waals surface area contributed by atoms with E-state index in [1.54, 1.807) is 0 Å². The second-order valence-electron chi connectivity index (χ2n) is 6.18. The molecule has 0 saturated heterocycles. The number of halogens is 4. The molecule has 0 aliphatic heterocycles. The first-order valence-electron chi connectivity index (χ1n) is 8.16. The van der Waals surface area contributed by atoms with Gasteiger partial charge in [-0.05, 0) is 19.1 Å². The van der Waals surface area contributed by atoms with E-state index >= 15 is 0 Å². The summed E-state index contributed by atoms with van der Waals surface area (Å²) in [5, 5.41) is 0. The van der Waals surface area contributed by atoms with Gasteiger partial charge in [0, 0.05) is 17.3 Å². The van der Waals surface area contributed by atoms with Gasteiger partial charge in [-0.2, -0.15) is 13.2 Å². The molecule has 3 heterocycles. The van der Waals surface area contributed by atoms with Crippen LogP contribution in [0, 0.1) is 12.7 Å². The molecule has 0 radical (unpaired) electrons. The number of nitrogens with one attached hydrogen (secondary N) is 2. The van der Waals surface area contributed by atoms with Crippen LogP contribution in [0.5, 0.6) is 0 Å². The molecule has 0 fully saturated rings. The highest BCUT2D eigenvalue weighted by Gasteiger charge is 2.35. The van der Waals surface area contributed by atoms with Crippen LogP contribution < -0.4 is 0 Å². The second kappa shape index (κ2) is 6.29. The second-order valence-corrected chi connectivity index (χ2v) is 6.18. The molecule has 3 aromatic heterocycles. The number of nitrogens with zero attached hydrogens (tertiary/aromatic N) is 2. The lowest BCUT2D eigenvalue weighted by molar-refractivity contribution is -0.137. The van der Waals surface area contributed by atoms with Crippen molar-refractivity contribution < 1.29 is 22.4 Å². The number of rotatable bonds is 3. The molecule has 0 aliphatic rings. The number of H-pyrrole nitrogens is 2. The molecule has 9 heteroatoms. The van der Waals surface area contributed by atoms with Gasteiger partial charge in [0.1, 0.15) is 5.52 Å². The van der Waals surface area contributed by atoms with Gasteiger partial charge in [-0.25, -0.2) is 9.37 Å². The van der Waals surface area contributed by atoms with E-state index in [2.05, 4.69) is 19.9 Å². The summed E-state index contributed by atoms with van der Waals surface area (Å²) in [7, 11) is 0.